The highest BCUT2D eigenvalue weighted by atomic mass is 15.5. The van der Waals surface area contributed by atoms with Gasteiger partial charge in [0.15, 0.2) is 0 Å². The van der Waals surface area contributed by atoms with Crippen LogP contribution in [-0.4, -0.2) is 109 Å². The van der Waals surface area contributed by atoms with Gasteiger partial charge in [-0.1, -0.05) is 0 Å². The van der Waals surface area contributed by atoms with Crippen LogP contribution in [0.2, 0.25) is 0 Å². The Balaban J connectivity index is 1.77. The molecule has 0 atom stereocenters. The largest absolute Gasteiger partial charge is 0.406 e. The maximum Gasteiger partial charge on any atom is 0.406 e. The van der Waals surface area contributed by atoms with Crippen LogP contribution >= 0.6 is 0 Å². The Morgan fingerprint density at radius 1 is 0.455 bits per heavy atom. The van der Waals surface area contributed by atoms with Crippen LogP contribution in [-0.2, 0) is 0 Å². The monoisotopic (exact) mass is 450 g/mol. The molecule has 2 rings (SSSR count). The van der Waals surface area contributed by atoms with Gasteiger partial charge in [-0.2, -0.15) is 21.0 Å². The van der Waals surface area contributed by atoms with Gasteiger partial charge >= 0.3 is 22.0 Å². The van der Waals surface area contributed by atoms with Gasteiger partial charge in [0.2, 0.25) is 0 Å². The lowest BCUT2D eigenvalue weighted by Gasteiger charge is -2.41. The van der Waals surface area contributed by atoms with Crippen molar-refractivity contribution in [2.45, 2.75) is 19.3 Å². The number of hydrogen-bond acceptors (Lipinski definition) is 10. The van der Waals surface area contributed by atoms with Crippen molar-refractivity contribution < 1.29 is 0 Å². The fourth-order valence-electron chi connectivity index (χ4n) is 3.77. The van der Waals surface area contributed by atoms with Crippen LogP contribution in [0.15, 0.2) is 0 Å². The Labute approximate surface area is 195 Å². The van der Waals surface area contributed by atoms with E-state index in [1.807, 2.05) is 14.7 Å². The van der Waals surface area contributed by atoms with Crippen LogP contribution in [0.5, 0.6) is 0 Å². The molecule has 12 nitrogen and oxygen atoms in total. The maximum atomic E-state index is 8.93. The second-order valence-corrected chi connectivity index (χ2v) is 7.92. The Hall–Kier alpha value is -3.30. The summed E-state index contributed by atoms with van der Waals surface area (Å²) in [6.07, 6.45) is 1.58. The Kier molecular flexibility index (Phi) is 12.2. The van der Waals surface area contributed by atoms with Crippen LogP contribution in [0.1, 0.15) is 19.3 Å². The lowest BCUT2D eigenvalue weighted by molar-refractivity contribution is -0.0261. The Morgan fingerprint density at radius 2 is 0.848 bits per heavy atom. The third-order valence-electron chi connectivity index (χ3n) is 5.09. The molecule has 2 aliphatic rings. The summed E-state index contributed by atoms with van der Waals surface area (Å²) in [5.74, 6) is 0. The molecule has 2 aliphatic heterocycles. The highest BCUT2D eigenvalue weighted by molar-refractivity contribution is 4.99. The van der Waals surface area contributed by atoms with Gasteiger partial charge < -0.3 is 0 Å². The third-order valence-corrected chi connectivity index (χ3v) is 5.09. The van der Waals surface area contributed by atoms with E-state index >= 15 is 0 Å². The van der Waals surface area contributed by atoms with E-state index in [0.717, 1.165) is 26.6 Å². The molecule has 0 aliphatic carbocycles. The molecule has 0 bridgehead atoms. The smallest absolute Gasteiger partial charge is 0.276 e. The third kappa shape index (κ3) is 10.2. The van der Waals surface area contributed by atoms with E-state index in [1.54, 1.807) is 0 Å². The standard InChI is InChI=1S/C21H30N12/c22-4-1-10-28-16-29(11-2-5-23)18-30(17-28)12-3-8-26-27-9-15-33-20-31(13-6-24)19-32(21-33)14-7-25/h1-3,10-21H2/q+2. The molecule has 0 aromatic heterocycles. The SMILES string of the molecule is N#CCCN1CN(CCC#N)CN(CCC#[N+][N+]#CCN2CN(CC#N)CN(CC#N)C2)C1. The first-order chi connectivity index (χ1) is 16.2. The summed E-state index contributed by atoms with van der Waals surface area (Å²) in [7, 11) is 0. The normalized spacial score (nSPS) is 18.5. The summed E-state index contributed by atoms with van der Waals surface area (Å²) < 4.78 is 0. The fraction of sp³-hybridized carbons (Fsp3) is 0.714. The van der Waals surface area contributed by atoms with Gasteiger partial charge in [-0.15, -0.1) is 0 Å². The Bertz CT molecular complexity index is 849. The van der Waals surface area contributed by atoms with Gasteiger partial charge in [-0.05, 0) is 0 Å². The zero-order valence-electron chi connectivity index (χ0n) is 19.0. The topological polar surface area (TPSA) is 123 Å². The van der Waals surface area contributed by atoms with E-state index in [4.69, 9.17) is 21.0 Å². The molecule has 0 saturated carbocycles. The Morgan fingerprint density at radius 3 is 1.30 bits per heavy atom. The summed E-state index contributed by atoms with van der Waals surface area (Å²) in [6.45, 7) is 7.37. The minimum Gasteiger partial charge on any atom is -0.276 e. The average Bonchev–Trinajstić information content (AvgIpc) is 2.81. The summed E-state index contributed by atoms with van der Waals surface area (Å²) in [5.41, 5.74) is 0. The number of rotatable bonds is 9. The fourth-order valence-corrected chi connectivity index (χ4v) is 3.77. The van der Waals surface area contributed by atoms with E-state index in [9.17, 15) is 0 Å². The molecular formula is C21H30N12+2. The van der Waals surface area contributed by atoms with Crippen molar-refractivity contribution >= 4 is 0 Å². The molecule has 0 unspecified atom stereocenters. The van der Waals surface area contributed by atoms with Gasteiger partial charge in [0, 0.05) is 32.5 Å². The lowest BCUT2D eigenvalue weighted by atomic mass is 10.3. The van der Waals surface area contributed by atoms with Crippen molar-refractivity contribution in [2.24, 2.45) is 0 Å². The quantitative estimate of drug-likeness (QED) is 0.360. The molecule has 33 heavy (non-hydrogen) atoms. The second-order valence-electron chi connectivity index (χ2n) is 7.92. The highest BCUT2D eigenvalue weighted by Crippen LogP contribution is 2.09. The van der Waals surface area contributed by atoms with Gasteiger partial charge in [0.1, 0.15) is 13.0 Å². The summed E-state index contributed by atoms with van der Waals surface area (Å²) in [6, 6.07) is 14.5. The van der Waals surface area contributed by atoms with E-state index in [2.05, 4.69) is 61.0 Å². The molecule has 0 amide bonds. The molecular weight excluding hydrogens is 420 g/mol. The van der Waals surface area contributed by atoms with Crippen LogP contribution in [0, 0.1) is 57.5 Å². The zero-order valence-corrected chi connectivity index (χ0v) is 19.0. The average molecular weight is 451 g/mol. The molecule has 0 spiro atoms. The summed E-state index contributed by atoms with van der Waals surface area (Å²) in [5, 5.41) is 35.6. The van der Waals surface area contributed by atoms with Gasteiger partial charge in [-0.3, -0.25) is 29.4 Å². The molecule has 12 heteroatoms. The summed E-state index contributed by atoms with van der Waals surface area (Å²) in [4.78, 5) is 20.5. The van der Waals surface area contributed by atoms with Crippen molar-refractivity contribution in [1.29, 1.82) is 21.0 Å². The van der Waals surface area contributed by atoms with Crippen molar-refractivity contribution in [2.75, 3.05) is 79.3 Å². The van der Waals surface area contributed by atoms with Crippen molar-refractivity contribution in [3.8, 4) is 36.4 Å². The van der Waals surface area contributed by atoms with Crippen molar-refractivity contribution in [3.05, 3.63) is 9.91 Å². The van der Waals surface area contributed by atoms with Crippen molar-refractivity contribution in [1.82, 2.24) is 29.4 Å². The van der Waals surface area contributed by atoms with Crippen molar-refractivity contribution in [3.63, 3.8) is 0 Å². The maximum absolute atomic E-state index is 8.93. The minimum absolute atomic E-state index is 0.305. The highest BCUT2D eigenvalue weighted by Gasteiger charge is 2.24. The van der Waals surface area contributed by atoms with E-state index < -0.39 is 0 Å². The molecule has 172 valence electrons. The second kappa shape index (κ2) is 15.5. The predicted octanol–water partition coefficient (Wildman–Crippen LogP) is 0.416. The molecule has 2 heterocycles. The van der Waals surface area contributed by atoms with Crippen LogP contribution in [0.25, 0.3) is 9.91 Å². The molecule has 0 N–H and O–H groups in total. The zero-order chi connectivity index (χ0) is 23.7. The molecule has 0 radical (unpaired) electrons. The molecule has 0 aromatic carbocycles. The van der Waals surface area contributed by atoms with Gasteiger partial charge in [0.25, 0.3) is 0 Å². The first kappa shape index (κ1) is 26.0. The lowest BCUT2D eigenvalue weighted by Crippen LogP contribution is -2.55. The van der Waals surface area contributed by atoms with E-state index in [1.165, 1.54) is 0 Å². The minimum atomic E-state index is 0.305. The first-order valence-corrected chi connectivity index (χ1v) is 10.9. The first-order valence-electron chi connectivity index (χ1n) is 10.9. The van der Waals surface area contributed by atoms with E-state index in [0.29, 0.717) is 72.0 Å². The molecule has 2 saturated heterocycles. The number of nitriles is 4. The molecule has 2 fully saturated rings. The predicted molar refractivity (Wildman–Crippen MR) is 120 cm³/mol. The molecule has 0 aromatic rings. The van der Waals surface area contributed by atoms with Crippen LogP contribution < -0.4 is 0 Å². The number of hydrogen-bond donors (Lipinski definition) is 0. The van der Waals surface area contributed by atoms with Crippen LogP contribution in [0.3, 0.4) is 0 Å². The van der Waals surface area contributed by atoms with E-state index in [-0.39, 0.29) is 0 Å². The van der Waals surface area contributed by atoms with Crippen LogP contribution in [0.4, 0.5) is 0 Å². The van der Waals surface area contributed by atoms with Gasteiger partial charge in [0.05, 0.1) is 77.4 Å². The number of nitrogens with zero attached hydrogens (tertiary/aromatic N) is 12. The summed E-state index contributed by atoms with van der Waals surface area (Å²) >= 11 is 0. The van der Waals surface area contributed by atoms with Gasteiger partial charge in [-0.25, -0.2) is 0 Å².